The van der Waals surface area contributed by atoms with E-state index in [1.165, 1.54) is 22.5 Å². The summed E-state index contributed by atoms with van der Waals surface area (Å²) in [5, 5.41) is 9.52. The van der Waals surface area contributed by atoms with Crippen LogP contribution in [0.3, 0.4) is 0 Å². The molecule has 25 heavy (non-hydrogen) atoms. The fraction of sp³-hybridized carbons (Fsp3) is 0.294. The lowest BCUT2D eigenvalue weighted by Crippen LogP contribution is -2.31. The van der Waals surface area contributed by atoms with Gasteiger partial charge in [-0.15, -0.1) is 0 Å². The van der Waals surface area contributed by atoms with E-state index in [1.807, 2.05) is 25.1 Å². The number of sulfonamides is 1. The number of nitrogens with zero attached hydrogens (tertiary/aromatic N) is 3. The molecule has 6 nitrogen and oxygen atoms in total. The highest BCUT2D eigenvalue weighted by molar-refractivity contribution is 7.89. The van der Waals surface area contributed by atoms with Gasteiger partial charge in [0, 0.05) is 17.3 Å². The minimum Gasteiger partial charge on any atom is -0.487 e. The van der Waals surface area contributed by atoms with Crippen LogP contribution in [0.15, 0.2) is 41.4 Å². The van der Waals surface area contributed by atoms with E-state index in [0.29, 0.717) is 23.7 Å². The molecule has 1 unspecified atom stereocenters. The fourth-order valence-corrected chi connectivity index (χ4v) is 4.46. The number of benzene rings is 1. The second-order valence-electron chi connectivity index (χ2n) is 5.78. The zero-order valence-electron chi connectivity index (χ0n) is 13.5. The van der Waals surface area contributed by atoms with E-state index in [1.54, 1.807) is 6.20 Å². The van der Waals surface area contributed by atoms with Gasteiger partial charge in [0.2, 0.25) is 10.0 Å². The van der Waals surface area contributed by atoms with Crippen LogP contribution in [-0.4, -0.2) is 36.9 Å². The molecule has 0 N–H and O–H groups in total. The second-order valence-corrected chi connectivity index (χ2v) is 8.12. The van der Waals surface area contributed by atoms with Crippen molar-refractivity contribution in [2.45, 2.75) is 24.3 Å². The summed E-state index contributed by atoms with van der Waals surface area (Å²) in [6, 6.07) is 9.74. The first-order valence-corrected chi connectivity index (χ1v) is 9.51. The van der Waals surface area contributed by atoms with Crippen molar-refractivity contribution in [1.82, 2.24) is 9.29 Å². The zero-order valence-corrected chi connectivity index (χ0v) is 15.1. The summed E-state index contributed by atoms with van der Waals surface area (Å²) in [5.74, 6) is 0.610. The number of ether oxygens (including phenoxy) is 1. The Balaban J connectivity index is 1.77. The third-order valence-electron chi connectivity index (χ3n) is 3.97. The summed E-state index contributed by atoms with van der Waals surface area (Å²) >= 11 is 5.84. The Kier molecular flexibility index (Phi) is 4.95. The lowest BCUT2D eigenvalue weighted by atomic mass is 10.2. The highest BCUT2D eigenvalue weighted by Gasteiger charge is 2.35. The minimum absolute atomic E-state index is 0.0305. The Morgan fingerprint density at radius 2 is 2.16 bits per heavy atom. The van der Waals surface area contributed by atoms with Crippen LogP contribution in [0.25, 0.3) is 0 Å². The molecule has 0 saturated carbocycles. The average Bonchev–Trinajstić information content (AvgIpc) is 3.06. The van der Waals surface area contributed by atoms with Crippen molar-refractivity contribution < 1.29 is 13.2 Å². The maximum Gasteiger partial charge on any atom is 0.244 e. The summed E-state index contributed by atoms with van der Waals surface area (Å²) in [7, 11) is -3.77. The first kappa shape index (κ1) is 17.7. The highest BCUT2D eigenvalue weighted by Crippen LogP contribution is 2.27. The lowest BCUT2D eigenvalue weighted by Gasteiger charge is -2.18. The zero-order chi connectivity index (χ0) is 18.0. The lowest BCUT2D eigenvalue weighted by molar-refractivity contribution is 0.214. The van der Waals surface area contributed by atoms with Crippen molar-refractivity contribution in [3.63, 3.8) is 0 Å². The van der Waals surface area contributed by atoms with Crippen molar-refractivity contribution in [3.8, 4) is 11.8 Å². The molecule has 1 atom stereocenters. The van der Waals surface area contributed by atoms with Crippen LogP contribution >= 0.6 is 11.6 Å². The molecule has 1 aromatic carbocycles. The van der Waals surface area contributed by atoms with Crippen molar-refractivity contribution >= 4 is 21.6 Å². The Bertz CT molecular complexity index is 923. The van der Waals surface area contributed by atoms with Crippen LogP contribution in [-0.2, 0) is 10.0 Å². The molecular weight excluding hydrogens is 362 g/mol. The molecule has 130 valence electrons. The van der Waals surface area contributed by atoms with Crippen molar-refractivity contribution in [2.75, 3.05) is 13.1 Å². The van der Waals surface area contributed by atoms with E-state index >= 15 is 0 Å². The third kappa shape index (κ3) is 3.76. The van der Waals surface area contributed by atoms with Crippen LogP contribution in [0.5, 0.6) is 5.75 Å². The minimum atomic E-state index is -3.77. The summed E-state index contributed by atoms with van der Waals surface area (Å²) in [4.78, 5) is 4.13. The van der Waals surface area contributed by atoms with Crippen molar-refractivity contribution in [2.24, 2.45) is 0 Å². The number of hydrogen-bond acceptors (Lipinski definition) is 5. The number of halogens is 1. The Labute approximate surface area is 151 Å². The molecule has 1 fully saturated rings. The maximum absolute atomic E-state index is 12.8. The van der Waals surface area contributed by atoms with Crippen LogP contribution in [0.1, 0.15) is 17.7 Å². The van der Waals surface area contributed by atoms with E-state index < -0.39 is 10.0 Å². The van der Waals surface area contributed by atoms with Gasteiger partial charge in [0.1, 0.15) is 22.8 Å². The third-order valence-corrected chi connectivity index (χ3v) is 6.13. The van der Waals surface area contributed by atoms with Gasteiger partial charge in [-0.25, -0.2) is 8.42 Å². The number of aryl methyl sites for hydroxylation is 1. The van der Waals surface area contributed by atoms with Crippen molar-refractivity contribution in [3.05, 3.63) is 52.8 Å². The Morgan fingerprint density at radius 1 is 1.36 bits per heavy atom. The average molecular weight is 378 g/mol. The molecule has 2 heterocycles. The molecule has 2 aromatic rings. The topological polar surface area (TPSA) is 83.3 Å². The monoisotopic (exact) mass is 377 g/mol. The van der Waals surface area contributed by atoms with Gasteiger partial charge >= 0.3 is 0 Å². The number of aromatic nitrogens is 1. The van der Waals surface area contributed by atoms with Gasteiger partial charge in [-0.3, -0.25) is 4.98 Å². The largest absolute Gasteiger partial charge is 0.487 e. The first-order chi connectivity index (χ1) is 11.9. The molecule has 1 saturated heterocycles. The fourth-order valence-electron chi connectivity index (χ4n) is 2.68. The standard InChI is InChI=1S/C17H16ClN3O3S/c1-12-2-4-15(10-20-12)24-16-6-7-21(11-16)25(22,23)17-5-3-14(18)8-13(17)9-19/h2-5,8,10,16H,6-7,11H2,1H3. The van der Waals surface area contributed by atoms with E-state index in [0.717, 1.165) is 5.69 Å². The number of pyridine rings is 1. The quantitative estimate of drug-likeness (QED) is 0.818. The van der Waals surface area contributed by atoms with Gasteiger partial charge in [0.05, 0.1) is 18.3 Å². The molecule has 1 aliphatic rings. The van der Waals surface area contributed by atoms with E-state index in [9.17, 15) is 13.7 Å². The molecule has 3 rings (SSSR count). The van der Waals surface area contributed by atoms with Crippen LogP contribution in [0, 0.1) is 18.3 Å². The molecule has 1 aliphatic heterocycles. The summed E-state index contributed by atoms with van der Waals surface area (Å²) in [6.45, 7) is 2.44. The molecule has 0 bridgehead atoms. The molecular formula is C17H16ClN3O3S. The number of rotatable bonds is 4. The first-order valence-electron chi connectivity index (χ1n) is 7.69. The molecule has 0 amide bonds. The van der Waals surface area contributed by atoms with Gasteiger partial charge in [-0.1, -0.05) is 11.6 Å². The van der Waals surface area contributed by atoms with Crippen LogP contribution in [0.4, 0.5) is 0 Å². The highest BCUT2D eigenvalue weighted by atomic mass is 35.5. The van der Waals surface area contributed by atoms with Crippen LogP contribution in [0.2, 0.25) is 5.02 Å². The summed E-state index contributed by atoms with van der Waals surface area (Å²) < 4.78 is 32.8. The van der Waals surface area contributed by atoms with Crippen LogP contribution < -0.4 is 4.74 Å². The number of nitriles is 1. The van der Waals surface area contributed by atoms with Crippen molar-refractivity contribution in [1.29, 1.82) is 5.26 Å². The SMILES string of the molecule is Cc1ccc(OC2CCN(S(=O)(=O)c3ccc(Cl)cc3C#N)C2)cn1. The molecule has 0 spiro atoms. The van der Waals surface area contributed by atoms with Gasteiger partial charge in [-0.05, 0) is 43.7 Å². The molecule has 0 aliphatic carbocycles. The van der Waals surface area contributed by atoms with Gasteiger partial charge in [0.25, 0.3) is 0 Å². The van der Waals surface area contributed by atoms with E-state index in [-0.39, 0.29) is 23.1 Å². The molecule has 0 radical (unpaired) electrons. The summed E-state index contributed by atoms with van der Waals surface area (Å²) in [5.41, 5.74) is 0.925. The van der Waals surface area contributed by atoms with E-state index in [4.69, 9.17) is 16.3 Å². The van der Waals surface area contributed by atoms with Gasteiger partial charge in [-0.2, -0.15) is 9.57 Å². The predicted molar refractivity (Wildman–Crippen MR) is 92.9 cm³/mol. The van der Waals surface area contributed by atoms with E-state index in [2.05, 4.69) is 4.98 Å². The summed E-state index contributed by atoms with van der Waals surface area (Å²) in [6.07, 6.45) is 1.94. The van der Waals surface area contributed by atoms with Gasteiger partial charge in [0.15, 0.2) is 0 Å². The maximum atomic E-state index is 12.8. The Hall–Kier alpha value is -2.14. The predicted octanol–water partition coefficient (Wildman–Crippen LogP) is 2.76. The molecule has 8 heteroatoms. The second kappa shape index (κ2) is 7.00. The number of hydrogen-bond donors (Lipinski definition) is 0. The normalized spacial score (nSPS) is 18.0. The smallest absolute Gasteiger partial charge is 0.244 e. The molecule has 1 aromatic heterocycles. The Morgan fingerprint density at radius 3 is 2.84 bits per heavy atom. The van der Waals surface area contributed by atoms with Gasteiger partial charge < -0.3 is 4.74 Å².